The highest BCUT2D eigenvalue weighted by Gasteiger charge is 1.93. The lowest BCUT2D eigenvalue weighted by Gasteiger charge is -1.78. The zero-order valence-electron chi connectivity index (χ0n) is 5.94. The Labute approximate surface area is 68.0 Å². The van der Waals surface area contributed by atoms with E-state index in [-0.39, 0.29) is 0 Å². The second-order valence-electron chi connectivity index (χ2n) is 1.98. The number of hydrogen-bond donors (Lipinski definition) is 1. The summed E-state index contributed by atoms with van der Waals surface area (Å²) in [4.78, 5) is 15.1. The fourth-order valence-corrected chi connectivity index (χ4v) is 1.27. The van der Waals surface area contributed by atoms with Crippen LogP contribution in [0.5, 0.6) is 0 Å². The molecule has 4 heteroatoms. The number of thiazole rings is 1. The molecule has 1 heterocycles. The van der Waals surface area contributed by atoms with Gasteiger partial charge in [0.15, 0.2) is 0 Å². The van der Waals surface area contributed by atoms with Crippen molar-refractivity contribution < 1.29 is 9.90 Å². The van der Waals surface area contributed by atoms with Crippen LogP contribution in [0.3, 0.4) is 0 Å². The molecule has 0 spiro atoms. The Morgan fingerprint density at radius 2 is 2.55 bits per heavy atom. The molecule has 0 saturated carbocycles. The number of nitrogens with zero attached hydrogens (tertiary/aromatic N) is 1. The van der Waals surface area contributed by atoms with Gasteiger partial charge in [-0.3, -0.25) is 0 Å². The van der Waals surface area contributed by atoms with Crippen LogP contribution >= 0.6 is 11.3 Å². The Kier molecular flexibility index (Phi) is 2.38. The maximum atomic E-state index is 10.1. The average Bonchev–Trinajstić information content (AvgIpc) is 2.31. The first-order valence-electron chi connectivity index (χ1n) is 3.02. The smallest absolute Gasteiger partial charge is 0.328 e. The molecule has 0 unspecified atom stereocenters. The minimum absolute atomic E-state index is 0.727. The number of aliphatic carboxylic acids is 1. The van der Waals surface area contributed by atoms with Crippen molar-refractivity contribution in [2.75, 3.05) is 0 Å². The molecule has 3 nitrogen and oxygen atoms in total. The van der Waals surface area contributed by atoms with Gasteiger partial charge in [-0.05, 0) is 13.0 Å². The van der Waals surface area contributed by atoms with Crippen LogP contribution in [-0.4, -0.2) is 16.1 Å². The zero-order valence-corrected chi connectivity index (χ0v) is 6.76. The summed E-state index contributed by atoms with van der Waals surface area (Å²) in [6.07, 6.45) is 4.28. The Hall–Kier alpha value is -1.16. The van der Waals surface area contributed by atoms with Crippen LogP contribution in [0.1, 0.15) is 9.88 Å². The number of hydrogen-bond acceptors (Lipinski definition) is 3. The van der Waals surface area contributed by atoms with Crippen molar-refractivity contribution in [1.82, 2.24) is 4.98 Å². The molecule has 1 N–H and O–H groups in total. The van der Waals surface area contributed by atoms with Crippen molar-refractivity contribution in [3.63, 3.8) is 0 Å². The van der Waals surface area contributed by atoms with Gasteiger partial charge in [0.1, 0.15) is 5.01 Å². The van der Waals surface area contributed by atoms with Gasteiger partial charge >= 0.3 is 5.97 Å². The van der Waals surface area contributed by atoms with Crippen LogP contribution in [0.2, 0.25) is 0 Å². The summed E-state index contributed by atoms with van der Waals surface area (Å²) in [7, 11) is 0. The monoisotopic (exact) mass is 169 g/mol. The number of aromatic nitrogens is 1. The third kappa shape index (κ3) is 2.51. The molecule has 1 aromatic rings. The van der Waals surface area contributed by atoms with Crippen molar-refractivity contribution >= 4 is 23.4 Å². The lowest BCUT2D eigenvalue weighted by Crippen LogP contribution is -1.84. The van der Waals surface area contributed by atoms with Crippen LogP contribution < -0.4 is 0 Å². The molecule has 0 fully saturated rings. The topological polar surface area (TPSA) is 50.2 Å². The predicted molar refractivity (Wildman–Crippen MR) is 43.5 cm³/mol. The fraction of sp³-hybridized carbons (Fsp3) is 0.143. The van der Waals surface area contributed by atoms with E-state index in [0.717, 1.165) is 16.0 Å². The molecule has 11 heavy (non-hydrogen) atoms. The molecule has 0 saturated heterocycles. The Morgan fingerprint density at radius 1 is 1.82 bits per heavy atom. The first-order chi connectivity index (χ1) is 5.18. The highest BCUT2D eigenvalue weighted by atomic mass is 32.1. The van der Waals surface area contributed by atoms with E-state index >= 15 is 0 Å². The first-order valence-corrected chi connectivity index (χ1v) is 3.83. The molecule has 0 aromatic carbocycles. The van der Waals surface area contributed by atoms with Gasteiger partial charge in [-0.15, -0.1) is 11.3 Å². The molecule has 1 rings (SSSR count). The molecular formula is C7H7NO2S. The molecule has 0 radical (unpaired) electrons. The largest absolute Gasteiger partial charge is 0.478 e. The van der Waals surface area contributed by atoms with E-state index in [0.29, 0.717) is 0 Å². The van der Waals surface area contributed by atoms with Gasteiger partial charge in [-0.1, -0.05) is 0 Å². The number of carbonyl (C=O) groups is 1. The third-order valence-corrected chi connectivity index (χ3v) is 1.89. The SMILES string of the molecule is Cc1cnc(C=CC(=O)O)s1. The molecule has 0 atom stereocenters. The standard InChI is InChI=1S/C7H7NO2S/c1-5-4-8-6(11-5)2-3-7(9)10/h2-4H,1H3,(H,9,10). The second-order valence-corrected chi connectivity index (χ2v) is 3.25. The van der Waals surface area contributed by atoms with Crippen LogP contribution in [0.15, 0.2) is 12.3 Å². The molecular weight excluding hydrogens is 162 g/mol. The van der Waals surface area contributed by atoms with Crippen LogP contribution in [0.25, 0.3) is 6.08 Å². The average molecular weight is 169 g/mol. The summed E-state index contributed by atoms with van der Waals surface area (Å²) in [5, 5.41) is 9.00. The van der Waals surface area contributed by atoms with E-state index in [1.807, 2.05) is 6.92 Å². The molecule has 0 bridgehead atoms. The summed E-state index contributed by atoms with van der Waals surface area (Å²) in [5.74, 6) is -0.946. The minimum Gasteiger partial charge on any atom is -0.478 e. The van der Waals surface area contributed by atoms with E-state index in [2.05, 4.69) is 4.98 Å². The van der Waals surface area contributed by atoms with Gasteiger partial charge in [-0.25, -0.2) is 9.78 Å². The Morgan fingerprint density at radius 3 is 3.00 bits per heavy atom. The van der Waals surface area contributed by atoms with Crippen molar-refractivity contribution in [3.8, 4) is 0 Å². The highest BCUT2D eigenvalue weighted by Crippen LogP contribution is 2.11. The highest BCUT2D eigenvalue weighted by molar-refractivity contribution is 7.12. The first kappa shape index (κ1) is 7.94. The van der Waals surface area contributed by atoms with Gasteiger partial charge in [0.05, 0.1) is 0 Å². The molecule has 0 amide bonds. The number of aryl methyl sites for hydroxylation is 1. The lowest BCUT2D eigenvalue weighted by atomic mass is 10.5. The van der Waals surface area contributed by atoms with Crippen molar-refractivity contribution in [1.29, 1.82) is 0 Å². The molecule has 0 aliphatic carbocycles. The number of carboxylic acids is 1. The van der Waals surface area contributed by atoms with Crippen LogP contribution in [0, 0.1) is 6.92 Å². The maximum Gasteiger partial charge on any atom is 0.328 e. The van der Waals surface area contributed by atoms with Crippen LogP contribution in [0.4, 0.5) is 0 Å². The van der Waals surface area contributed by atoms with Gasteiger partial charge < -0.3 is 5.11 Å². The van der Waals surface area contributed by atoms with Crippen molar-refractivity contribution in [2.45, 2.75) is 6.92 Å². The summed E-state index contributed by atoms with van der Waals surface area (Å²) in [5.41, 5.74) is 0. The predicted octanol–water partition coefficient (Wildman–Crippen LogP) is 1.55. The van der Waals surface area contributed by atoms with E-state index in [1.165, 1.54) is 17.4 Å². The van der Waals surface area contributed by atoms with E-state index in [1.54, 1.807) is 6.20 Å². The Balaban J connectivity index is 2.71. The molecule has 1 aromatic heterocycles. The third-order valence-electron chi connectivity index (χ3n) is 1.01. The van der Waals surface area contributed by atoms with Gasteiger partial charge in [0.25, 0.3) is 0 Å². The van der Waals surface area contributed by atoms with Crippen molar-refractivity contribution in [2.24, 2.45) is 0 Å². The van der Waals surface area contributed by atoms with Gasteiger partial charge in [0, 0.05) is 17.2 Å². The van der Waals surface area contributed by atoms with Crippen molar-refractivity contribution in [3.05, 3.63) is 22.2 Å². The molecule has 0 aliphatic rings. The van der Waals surface area contributed by atoms with Crippen LogP contribution in [-0.2, 0) is 4.79 Å². The normalized spacial score (nSPS) is 10.6. The fourth-order valence-electron chi connectivity index (χ4n) is 0.592. The molecule has 58 valence electrons. The maximum absolute atomic E-state index is 10.1. The van der Waals surface area contributed by atoms with Gasteiger partial charge in [0.2, 0.25) is 0 Å². The summed E-state index contributed by atoms with van der Waals surface area (Å²) >= 11 is 1.47. The zero-order chi connectivity index (χ0) is 8.27. The summed E-state index contributed by atoms with van der Waals surface area (Å²) in [6, 6.07) is 0. The van der Waals surface area contributed by atoms with E-state index in [4.69, 9.17) is 5.11 Å². The van der Waals surface area contributed by atoms with E-state index < -0.39 is 5.97 Å². The summed E-state index contributed by atoms with van der Waals surface area (Å²) < 4.78 is 0. The minimum atomic E-state index is -0.946. The Bertz CT molecular complexity index is 290. The summed E-state index contributed by atoms with van der Waals surface area (Å²) in [6.45, 7) is 1.93. The lowest BCUT2D eigenvalue weighted by molar-refractivity contribution is -0.131. The number of rotatable bonds is 2. The number of carboxylic acid groups (broad SMARTS) is 1. The second kappa shape index (κ2) is 3.30. The van der Waals surface area contributed by atoms with E-state index in [9.17, 15) is 4.79 Å². The van der Waals surface area contributed by atoms with Gasteiger partial charge in [-0.2, -0.15) is 0 Å². The quantitative estimate of drug-likeness (QED) is 0.683. The molecule has 0 aliphatic heterocycles.